The van der Waals surface area contributed by atoms with E-state index in [-0.39, 0.29) is 12.6 Å². The Bertz CT molecular complexity index is 1090. The van der Waals surface area contributed by atoms with Crippen molar-refractivity contribution in [1.29, 1.82) is 0 Å². The molecule has 4 rings (SSSR count). The van der Waals surface area contributed by atoms with Gasteiger partial charge in [0.25, 0.3) is 0 Å². The molecule has 0 saturated carbocycles. The molecule has 4 aromatic rings. The van der Waals surface area contributed by atoms with E-state index in [1.165, 1.54) is 37.9 Å². The smallest absolute Gasteiger partial charge is 0.305 e. The zero-order valence-corrected chi connectivity index (χ0v) is 17.9. The third-order valence-corrected chi connectivity index (χ3v) is 7.48. The zero-order valence-electron chi connectivity index (χ0n) is 16.2. The average molecular weight is 425 g/mol. The molecule has 4 aromatic carbocycles. The van der Waals surface area contributed by atoms with Gasteiger partial charge in [-0.1, -0.05) is 76.2 Å². The quantitative estimate of drug-likeness (QED) is 0.150. The van der Waals surface area contributed by atoms with Crippen molar-refractivity contribution >= 4 is 59.9 Å². The second kappa shape index (κ2) is 9.70. The molecule has 0 aliphatic heterocycles. The SMILES string of the molecule is O=C(CCCc1ccc2ccc3cccc4ccc1c2c34)OCCSSCCO. The molecule has 0 saturated heterocycles. The van der Waals surface area contributed by atoms with Crippen molar-refractivity contribution in [2.45, 2.75) is 19.3 Å². The molecule has 29 heavy (non-hydrogen) atoms. The van der Waals surface area contributed by atoms with Crippen molar-refractivity contribution in [3.63, 3.8) is 0 Å². The number of aliphatic hydroxyl groups is 1. The van der Waals surface area contributed by atoms with Crippen LogP contribution in [0.1, 0.15) is 18.4 Å². The lowest BCUT2D eigenvalue weighted by molar-refractivity contribution is -0.143. The maximum Gasteiger partial charge on any atom is 0.305 e. The zero-order chi connectivity index (χ0) is 20.1. The van der Waals surface area contributed by atoms with Crippen molar-refractivity contribution in [2.75, 3.05) is 24.7 Å². The van der Waals surface area contributed by atoms with E-state index in [9.17, 15) is 4.79 Å². The molecule has 0 heterocycles. The molecule has 3 nitrogen and oxygen atoms in total. The second-order valence-electron chi connectivity index (χ2n) is 7.02. The summed E-state index contributed by atoms with van der Waals surface area (Å²) < 4.78 is 5.30. The summed E-state index contributed by atoms with van der Waals surface area (Å²) in [5, 5.41) is 16.5. The van der Waals surface area contributed by atoms with E-state index in [1.807, 2.05) is 0 Å². The Morgan fingerprint density at radius 2 is 1.55 bits per heavy atom. The van der Waals surface area contributed by atoms with E-state index in [2.05, 4.69) is 54.6 Å². The van der Waals surface area contributed by atoms with Crippen molar-refractivity contribution in [1.82, 2.24) is 0 Å². The summed E-state index contributed by atoms with van der Waals surface area (Å²) in [4.78, 5) is 12.0. The number of benzene rings is 4. The summed E-state index contributed by atoms with van der Waals surface area (Å²) in [5.41, 5.74) is 1.29. The topological polar surface area (TPSA) is 46.5 Å². The van der Waals surface area contributed by atoms with Crippen LogP contribution in [0.2, 0.25) is 0 Å². The second-order valence-corrected chi connectivity index (χ2v) is 9.72. The number of carbonyl (C=O) groups is 1. The molecule has 0 aromatic heterocycles. The van der Waals surface area contributed by atoms with Crippen molar-refractivity contribution < 1.29 is 14.6 Å². The first-order valence-corrected chi connectivity index (χ1v) is 12.4. The minimum Gasteiger partial charge on any atom is -0.465 e. The maximum absolute atomic E-state index is 12.0. The summed E-state index contributed by atoms with van der Waals surface area (Å²) in [6.45, 7) is 0.612. The van der Waals surface area contributed by atoms with Gasteiger partial charge < -0.3 is 9.84 Å². The van der Waals surface area contributed by atoms with Crippen LogP contribution in [0.15, 0.2) is 54.6 Å². The fraction of sp³-hybridized carbons (Fsp3) is 0.292. The Hall–Kier alpha value is -1.95. The summed E-state index contributed by atoms with van der Waals surface area (Å²) in [5.74, 6) is 1.33. The van der Waals surface area contributed by atoms with Gasteiger partial charge in [-0.05, 0) is 50.7 Å². The van der Waals surface area contributed by atoms with E-state index < -0.39 is 0 Å². The monoisotopic (exact) mass is 424 g/mol. The lowest BCUT2D eigenvalue weighted by Crippen LogP contribution is -2.07. The molecule has 0 radical (unpaired) electrons. The van der Waals surface area contributed by atoms with Gasteiger partial charge in [-0.25, -0.2) is 0 Å². The van der Waals surface area contributed by atoms with Gasteiger partial charge in [-0.3, -0.25) is 4.79 Å². The molecule has 0 fully saturated rings. The lowest BCUT2D eigenvalue weighted by atomic mass is 9.90. The highest BCUT2D eigenvalue weighted by molar-refractivity contribution is 8.76. The van der Waals surface area contributed by atoms with E-state index in [0.29, 0.717) is 18.8 Å². The van der Waals surface area contributed by atoms with Gasteiger partial charge in [0.1, 0.15) is 6.61 Å². The van der Waals surface area contributed by atoms with Gasteiger partial charge in [0.05, 0.1) is 6.61 Å². The molecule has 0 spiro atoms. The molecular weight excluding hydrogens is 400 g/mol. The number of ether oxygens (including phenoxy) is 1. The fourth-order valence-electron chi connectivity index (χ4n) is 3.85. The van der Waals surface area contributed by atoms with Gasteiger partial charge in [0, 0.05) is 17.9 Å². The largest absolute Gasteiger partial charge is 0.465 e. The Morgan fingerprint density at radius 3 is 2.34 bits per heavy atom. The predicted molar refractivity (Wildman–Crippen MR) is 126 cm³/mol. The molecule has 0 amide bonds. The summed E-state index contributed by atoms with van der Waals surface area (Å²) in [6, 6.07) is 19.7. The summed E-state index contributed by atoms with van der Waals surface area (Å²) in [7, 11) is 3.22. The first kappa shape index (κ1) is 20.3. The Kier molecular flexibility index (Phi) is 6.80. The Balaban J connectivity index is 1.39. The van der Waals surface area contributed by atoms with Gasteiger partial charge in [0.2, 0.25) is 0 Å². The van der Waals surface area contributed by atoms with Crippen LogP contribution in [-0.4, -0.2) is 35.8 Å². The van der Waals surface area contributed by atoms with Crippen LogP contribution < -0.4 is 0 Å². The van der Waals surface area contributed by atoms with Gasteiger partial charge in [-0.15, -0.1) is 0 Å². The van der Waals surface area contributed by atoms with Crippen LogP contribution in [0.4, 0.5) is 0 Å². The standard InChI is InChI=1S/C24H24O3S2/c25-13-15-28-29-16-14-27-22(26)6-2-3-17-7-8-20-10-9-18-4-1-5-19-11-12-21(17)24(20)23(18)19/h1,4-5,7-12,25H,2-3,6,13-16H2. The fourth-order valence-corrected chi connectivity index (χ4v) is 5.45. The van der Waals surface area contributed by atoms with Crippen LogP contribution >= 0.6 is 21.6 Å². The number of rotatable bonds is 10. The van der Waals surface area contributed by atoms with Gasteiger partial charge >= 0.3 is 5.97 Å². The summed E-state index contributed by atoms with van der Waals surface area (Å²) >= 11 is 0. The van der Waals surface area contributed by atoms with Crippen molar-refractivity contribution in [3.05, 3.63) is 60.2 Å². The minimum absolute atomic E-state index is 0.129. The summed E-state index contributed by atoms with van der Waals surface area (Å²) in [6.07, 6.45) is 2.09. The number of esters is 1. The first-order chi connectivity index (χ1) is 14.3. The van der Waals surface area contributed by atoms with Crippen LogP contribution in [-0.2, 0) is 16.0 Å². The molecule has 0 atom stereocenters. The van der Waals surface area contributed by atoms with Crippen LogP contribution in [0.5, 0.6) is 0 Å². The molecule has 0 aliphatic carbocycles. The number of aliphatic hydroxyl groups excluding tert-OH is 1. The van der Waals surface area contributed by atoms with Crippen LogP contribution in [0.25, 0.3) is 32.3 Å². The van der Waals surface area contributed by atoms with E-state index in [1.54, 1.807) is 21.6 Å². The van der Waals surface area contributed by atoms with Crippen LogP contribution in [0.3, 0.4) is 0 Å². The molecule has 150 valence electrons. The molecule has 1 N–H and O–H groups in total. The molecule has 0 aliphatic rings. The third-order valence-electron chi connectivity index (χ3n) is 5.13. The normalized spacial score (nSPS) is 11.6. The predicted octanol–water partition coefficient (Wildman–Crippen LogP) is 5.82. The molecular formula is C24H24O3S2. The molecule has 5 heteroatoms. The van der Waals surface area contributed by atoms with Crippen molar-refractivity contribution in [2.24, 2.45) is 0 Å². The highest BCUT2D eigenvalue weighted by Crippen LogP contribution is 2.36. The van der Waals surface area contributed by atoms with E-state index in [4.69, 9.17) is 9.84 Å². The highest BCUT2D eigenvalue weighted by Gasteiger charge is 2.11. The van der Waals surface area contributed by atoms with Crippen molar-refractivity contribution in [3.8, 4) is 0 Å². The molecule has 0 unspecified atom stereocenters. The molecule has 0 bridgehead atoms. The highest BCUT2D eigenvalue weighted by atomic mass is 33.1. The lowest BCUT2D eigenvalue weighted by Gasteiger charge is -2.13. The number of carbonyl (C=O) groups excluding carboxylic acids is 1. The maximum atomic E-state index is 12.0. The number of aryl methyl sites for hydroxylation is 1. The number of hydrogen-bond donors (Lipinski definition) is 1. The van der Waals surface area contributed by atoms with Crippen LogP contribution in [0, 0.1) is 0 Å². The van der Waals surface area contributed by atoms with Gasteiger partial charge in [0.15, 0.2) is 0 Å². The average Bonchev–Trinajstić information content (AvgIpc) is 2.75. The Morgan fingerprint density at radius 1 is 0.862 bits per heavy atom. The first-order valence-electron chi connectivity index (χ1n) is 9.94. The third kappa shape index (κ3) is 4.63. The number of hydrogen-bond acceptors (Lipinski definition) is 5. The Labute approximate surface area is 178 Å². The van der Waals surface area contributed by atoms with Gasteiger partial charge in [-0.2, -0.15) is 0 Å². The van der Waals surface area contributed by atoms with E-state index >= 15 is 0 Å². The van der Waals surface area contributed by atoms with E-state index in [0.717, 1.165) is 18.6 Å². The minimum atomic E-state index is -0.129.